The molecule has 23 heavy (non-hydrogen) atoms. The van der Waals surface area contributed by atoms with Gasteiger partial charge in [-0.15, -0.1) is 0 Å². The summed E-state index contributed by atoms with van der Waals surface area (Å²) in [6, 6.07) is 10.1. The first-order chi connectivity index (χ1) is 11.0. The molecule has 0 aliphatic heterocycles. The number of hydrogen-bond donors (Lipinski definition) is 1. The number of imidazole rings is 1. The van der Waals surface area contributed by atoms with Crippen LogP contribution in [0.2, 0.25) is 0 Å². The first kappa shape index (κ1) is 14.7. The summed E-state index contributed by atoms with van der Waals surface area (Å²) in [5.41, 5.74) is 2.44. The number of amides is 1. The van der Waals surface area contributed by atoms with Crippen LogP contribution in [0.5, 0.6) is 0 Å². The Bertz CT molecular complexity index is 901. The first-order valence-corrected chi connectivity index (χ1v) is 7.00. The lowest BCUT2D eigenvalue weighted by Crippen LogP contribution is -2.23. The number of rotatable bonds is 4. The molecule has 0 unspecified atom stereocenters. The van der Waals surface area contributed by atoms with E-state index in [1.54, 1.807) is 28.8 Å². The van der Waals surface area contributed by atoms with Gasteiger partial charge in [0, 0.05) is 30.6 Å². The van der Waals surface area contributed by atoms with Crippen LogP contribution in [-0.2, 0) is 6.54 Å². The van der Waals surface area contributed by atoms with E-state index < -0.39 is 4.92 Å². The van der Waals surface area contributed by atoms with Gasteiger partial charge >= 0.3 is 0 Å². The van der Waals surface area contributed by atoms with Crippen molar-refractivity contribution in [1.29, 1.82) is 0 Å². The smallest absolute Gasteiger partial charge is 0.274 e. The first-order valence-electron chi connectivity index (χ1n) is 7.00. The van der Waals surface area contributed by atoms with E-state index >= 15 is 0 Å². The van der Waals surface area contributed by atoms with E-state index in [1.165, 1.54) is 6.07 Å². The van der Waals surface area contributed by atoms with Crippen LogP contribution >= 0.6 is 0 Å². The number of nitro groups is 1. The van der Waals surface area contributed by atoms with E-state index in [1.807, 2.05) is 25.3 Å². The van der Waals surface area contributed by atoms with Gasteiger partial charge in [0.1, 0.15) is 11.3 Å². The van der Waals surface area contributed by atoms with Crippen molar-refractivity contribution in [3.05, 3.63) is 75.7 Å². The lowest BCUT2D eigenvalue weighted by atomic mass is 10.2. The highest BCUT2D eigenvalue weighted by molar-refractivity contribution is 5.92. The van der Waals surface area contributed by atoms with E-state index in [2.05, 4.69) is 10.3 Å². The number of pyridine rings is 1. The summed E-state index contributed by atoms with van der Waals surface area (Å²) >= 11 is 0. The fraction of sp³-hybridized carbons (Fsp3) is 0.125. The zero-order chi connectivity index (χ0) is 16.4. The molecule has 3 rings (SSSR count). The molecule has 0 fully saturated rings. The summed E-state index contributed by atoms with van der Waals surface area (Å²) in [4.78, 5) is 27.0. The zero-order valence-electron chi connectivity index (χ0n) is 12.4. The minimum Gasteiger partial charge on any atom is -0.346 e. The van der Waals surface area contributed by atoms with Crippen molar-refractivity contribution in [2.24, 2.45) is 0 Å². The third-order valence-electron chi connectivity index (χ3n) is 3.48. The quantitative estimate of drug-likeness (QED) is 0.592. The maximum Gasteiger partial charge on any atom is 0.274 e. The summed E-state index contributed by atoms with van der Waals surface area (Å²) in [5, 5.41) is 13.6. The van der Waals surface area contributed by atoms with Crippen LogP contribution in [0.1, 0.15) is 21.6 Å². The Kier molecular flexibility index (Phi) is 3.76. The second kappa shape index (κ2) is 5.88. The number of nitrogens with zero attached hydrogens (tertiary/aromatic N) is 3. The van der Waals surface area contributed by atoms with Gasteiger partial charge in [0.25, 0.3) is 11.6 Å². The SMILES string of the molecule is Cc1ccn2cc(C(=O)NCc3ccccc3[N+](=O)[O-])nc2c1. The molecular formula is C16H14N4O3. The number of nitro benzene ring substituents is 1. The second-order valence-electron chi connectivity index (χ2n) is 5.16. The fourth-order valence-electron chi connectivity index (χ4n) is 2.30. The summed E-state index contributed by atoms with van der Waals surface area (Å²) in [6.07, 6.45) is 3.46. The molecule has 0 aliphatic carbocycles. The van der Waals surface area contributed by atoms with Crippen molar-refractivity contribution in [2.75, 3.05) is 0 Å². The highest BCUT2D eigenvalue weighted by Gasteiger charge is 2.15. The molecule has 7 nitrogen and oxygen atoms in total. The van der Waals surface area contributed by atoms with Gasteiger partial charge in [0.05, 0.1) is 4.92 Å². The monoisotopic (exact) mass is 310 g/mol. The lowest BCUT2D eigenvalue weighted by molar-refractivity contribution is -0.385. The number of hydrogen-bond acceptors (Lipinski definition) is 4. The van der Waals surface area contributed by atoms with Crippen molar-refractivity contribution >= 4 is 17.2 Å². The molecule has 0 atom stereocenters. The van der Waals surface area contributed by atoms with E-state index in [-0.39, 0.29) is 23.8 Å². The van der Waals surface area contributed by atoms with Crippen molar-refractivity contribution in [1.82, 2.24) is 14.7 Å². The summed E-state index contributed by atoms with van der Waals surface area (Å²) in [6.45, 7) is 2.02. The number of benzene rings is 1. The molecule has 2 heterocycles. The standard InChI is InChI=1S/C16H14N4O3/c1-11-6-7-19-10-13(18-15(19)8-11)16(21)17-9-12-4-2-3-5-14(12)20(22)23/h2-8,10H,9H2,1H3,(H,17,21). The maximum absolute atomic E-state index is 12.2. The number of para-hydroxylation sites is 1. The molecule has 0 saturated heterocycles. The molecule has 0 radical (unpaired) electrons. The molecule has 0 bridgehead atoms. The van der Waals surface area contributed by atoms with Gasteiger partial charge in [-0.1, -0.05) is 18.2 Å². The van der Waals surface area contributed by atoms with Crippen molar-refractivity contribution in [2.45, 2.75) is 13.5 Å². The van der Waals surface area contributed by atoms with Gasteiger partial charge in [-0.3, -0.25) is 14.9 Å². The predicted molar refractivity (Wildman–Crippen MR) is 84.2 cm³/mol. The Balaban J connectivity index is 1.77. The van der Waals surface area contributed by atoms with Gasteiger partial charge in [-0.2, -0.15) is 0 Å². The molecule has 1 amide bonds. The van der Waals surface area contributed by atoms with E-state index in [9.17, 15) is 14.9 Å². The number of carbonyl (C=O) groups excluding carboxylic acids is 1. The lowest BCUT2D eigenvalue weighted by Gasteiger charge is -2.04. The minimum absolute atomic E-state index is 0.0153. The van der Waals surface area contributed by atoms with Crippen LogP contribution in [0.3, 0.4) is 0 Å². The molecule has 116 valence electrons. The average Bonchev–Trinajstić information content (AvgIpc) is 2.95. The largest absolute Gasteiger partial charge is 0.346 e. The number of aromatic nitrogens is 2. The van der Waals surface area contributed by atoms with Gasteiger partial charge in [0.2, 0.25) is 0 Å². The molecular weight excluding hydrogens is 296 g/mol. The van der Waals surface area contributed by atoms with Crippen molar-refractivity contribution in [3.63, 3.8) is 0 Å². The van der Waals surface area contributed by atoms with Gasteiger partial charge in [0.15, 0.2) is 0 Å². The third-order valence-corrected chi connectivity index (χ3v) is 3.48. The van der Waals surface area contributed by atoms with Crippen molar-refractivity contribution in [3.8, 4) is 0 Å². The highest BCUT2D eigenvalue weighted by Crippen LogP contribution is 2.17. The highest BCUT2D eigenvalue weighted by atomic mass is 16.6. The topological polar surface area (TPSA) is 89.5 Å². The summed E-state index contributed by atoms with van der Waals surface area (Å²) < 4.78 is 1.76. The fourth-order valence-corrected chi connectivity index (χ4v) is 2.30. The number of nitrogens with one attached hydrogen (secondary N) is 1. The number of carbonyl (C=O) groups is 1. The van der Waals surface area contributed by atoms with Crippen LogP contribution in [-0.4, -0.2) is 20.2 Å². The minimum atomic E-state index is -0.463. The normalized spacial score (nSPS) is 10.7. The van der Waals surface area contributed by atoms with Crippen LogP contribution in [0.4, 0.5) is 5.69 Å². The van der Waals surface area contributed by atoms with E-state index in [0.29, 0.717) is 11.2 Å². The van der Waals surface area contributed by atoms with Crippen molar-refractivity contribution < 1.29 is 9.72 Å². The predicted octanol–water partition coefficient (Wildman–Crippen LogP) is 2.48. The second-order valence-corrected chi connectivity index (χ2v) is 5.16. The molecule has 7 heteroatoms. The Labute approximate surface area is 131 Å². The zero-order valence-corrected chi connectivity index (χ0v) is 12.4. The maximum atomic E-state index is 12.2. The molecule has 0 spiro atoms. The average molecular weight is 310 g/mol. The summed E-state index contributed by atoms with van der Waals surface area (Å²) in [5.74, 6) is -0.371. The van der Waals surface area contributed by atoms with E-state index in [4.69, 9.17) is 0 Å². The van der Waals surface area contributed by atoms with Gasteiger partial charge in [-0.25, -0.2) is 4.98 Å². The Morgan fingerprint density at radius 3 is 2.91 bits per heavy atom. The number of fused-ring (bicyclic) bond motifs is 1. The molecule has 0 aliphatic rings. The molecule has 2 aromatic heterocycles. The molecule has 0 saturated carbocycles. The Hall–Kier alpha value is -3.22. The van der Waals surface area contributed by atoms with Crippen LogP contribution in [0.15, 0.2) is 48.8 Å². The molecule has 1 aromatic carbocycles. The molecule has 3 aromatic rings. The summed E-state index contributed by atoms with van der Waals surface area (Å²) in [7, 11) is 0. The molecule has 1 N–H and O–H groups in total. The Morgan fingerprint density at radius 1 is 1.35 bits per heavy atom. The van der Waals surface area contributed by atoms with Gasteiger partial charge in [-0.05, 0) is 24.6 Å². The van der Waals surface area contributed by atoms with E-state index in [0.717, 1.165) is 5.56 Å². The van der Waals surface area contributed by atoms with Crippen LogP contribution in [0.25, 0.3) is 5.65 Å². The van der Waals surface area contributed by atoms with Crippen LogP contribution in [0, 0.1) is 17.0 Å². The van der Waals surface area contributed by atoms with Gasteiger partial charge < -0.3 is 9.72 Å². The number of aryl methyl sites for hydroxylation is 1. The Morgan fingerprint density at radius 2 is 2.13 bits per heavy atom. The van der Waals surface area contributed by atoms with Crippen LogP contribution < -0.4 is 5.32 Å². The third kappa shape index (κ3) is 3.03.